The van der Waals surface area contributed by atoms with Gasteiger partial charge in [-0.2, -0.15) is 5.10 Å². The van der Waals surface area contributed by atoms with E-state index in [9.17, 15) is 24.3 Å². The summed E-state index contributed by atoms with van der Waals surface area (Å²) >= 11 is 6.71. The van der Waals surface area contributed by atoms with Crippen LogP contribution in [0.3, 0.4) is 0 Å². The Balaban J connectivity index is 0.774. The Hall–Kier alpha value is -6.28. The lowest BCUT2D eigenvalue weighted by molar-refractivity contribution is -0.135. The van der Waals surface area contributed by atoms with Gasteiger partial charge in [-0.3, -0.25) is 29.3 Å². The average molecular weight is 1030 g/mol. The zero-order valence-electron chi connectivity index (χ0n) is 40.5. The molecule has 4 atom stereocenters. The van der Waals surface area contributed by atoms with E-state index in [1.807, 2.05) is 42.2 Å². The number of amides is 5. The van der Waals surface area contributed by atoms with Crippen LogP contribution in [0.15, 0.2) is 54.6 Å². The first kappa shape index (κ1) is 50.3. The summed E-state index contributed by atoms with van der Waals surface area (Å²) < 4.78 is 78.1. The van der Waals surface area contributed by atoms with Crippen molar-refractivity contribution in [2.45, 2.75) is 75.3 Å². The van der Waals surface area contributed by atoms with E-state index in [-0.39, 0.29) is 100 Å². The van der Waals surface area contributed by atoms with E-state index in [0.29, 0.717) is 70.4 Å². The second-order valence-electron chi connectivity index (χ2n) is 20.1. The van der Waals surface area contributed by atoms with E-state index in [0.717, 1.165) is 12.0 Å². The molecule has 0 bridgehead atoms. The molecule has 0 spiro atoms. The summed E-state index contributed by atoms with van der Waals surface area (Å²) in [5.74, 6) is -5.53. The van der Waals surface area contributed by atoms with Crippen LogP contribution in [0, 0.1) is 35.1 Å². The third-order valence-electron chi connectivity index (χ3n) is 15.8. The van der Waals surface area contributed by atoms with Crippen molar-refractivity contribution in [2.24, 2.45) is 24.6 Å². The number of urea groups is 1. The van der Waals surface area contributed by atoms with E-state index in [2.05, 4.69) is 20.6 Å². The summed E-state index contributed by atoms with van der Waals surface area (Å²) in [5.41, 5.74) is 5.20. The molecule has 1 aromatic heterocycles. The van der Waals surface area contributed by atoms with Gasteiger partial charge in [0.05, 0.1) is 22.6 Å². The van der Waals surface area contributed by atoms with Gasteiger partial charge in [-0.25, -0.2) is 22.4 Å². The summed E-state index contributed by atoms with van der Waals surface area (Å²) in [6.07, 6.45) is 4.18. The van der Waals surface area contributed by atoms with Crippen LogP contribution in [0.5, 0.6) is 11.5 Å². The van der Waals surface area contributed by atoms with Crippen molar-refractivity contribution in [3.05, 3.63) is 105 Å². The third kappa shape index (κ3) is 9.16. The quantitative estimate of drug-likeness (QED) is 0.0827. The predicted octanol–water partition coefficient (Wildman–Crippen LogP) is 7.24. The highest BCUT2D eigenvalue weighted by molar-refractivity contribution is 6.34. The molecule has 5 N–H and O–H groups in total. The van der Waals surface area contributed by atoms with Crippen molar-refractivity contribution in [3.63, 3.8) is 0 Å². The Bertz CT molecular complexity index is 3010. The lowest BCUT2D eigenvalue weighted by atomic mass is 9.77. The molecular weight excluding hydrogens is 972 g/mol. The highest BCUT2D eigenvalue weighted by Gasteiger charge is 2.50. The number of halogens is 5. The van der Waals surface area contributed by atoms with E-state index in [4.69, 9.17) is 26.8 Å². The van der Waals surface area contributed by atoms with Gasteiger partial charge < -0.3 is 35.4 Å². The maximum Gasteiger partial charge on any atom is 0.329 e. The maximum atomic E-state index is 16.5. The first-order chi connectivity index (χ1) is 35.1. The lowest BCUT2D eigenvalue weighted by Gasteiger charge is -2.37. The third-order valence-corrected chi connectivity index (χ3v) is 16.1. The summed E-state index contributed by atoms with van der Waals surface area (Å²) in [4.78, 5) is 56.5. The number of aromatic nitrogens is 2. The minimum atomic E-state index is -1.15. The van der Waals surface area contributed by atoms with E-state index in [1.165, 1.54) is 33.8 Å². The Labute approximate surface area is 423 Å². The molecule has 4 aliphatic heterocycles. The SMILES string of the molecule is C[C@H]1c2c(cc(F)c(Cl)c2-c2c(C(N)=O)ccc(OCCO)c2F)O[C@]1(CNC1CCC(C(=O)N2CC[C@H](CN3CC[C@@H](c4c(F)cc5c(N6CCC(=O)NC6=O)nn(C)c5c4F)C3)C2)CC1)c1ccccc1. The second-order valence-corrected chi connectivity index (χ2v) is 20.5. The van der Waals surface area contributed by atoms with Gasteiger partial charge in [-0.15, -0.1) is 0 Å². The van der Waals surface area contributed by atoms with Gasteiger partial charge in [0.1, 0.15) is 29.5 Å². The van der Waals surface area contributed by atoms with Crippen LogP contribution in [0.4, 0.5) is 28.2 Å². The number of rotatable bonds is 14. The van der Waals surface area contributed by atoms with Gasteiger partial charge in [0, 0.05) is 105 Å². The van der Waals surface area contributed by atoms with E-state index >= 15 is 17.6 Å². The molecule has 3 saturated heterocycles. The number of hydrogen-bond acceptors (Lipinski definition) is 10. The Morgan fingerprint density at radius 1 is 0.945 bits per heavy atom. The van der Waals surface area contributed by atoms with Crippen LogP contribution in [0.2, 0.25) is 5.02 Å². The number of imide groups is 1. The number of primary amides is 1. The Morgan fingerprint density at radius 3 is 2.44 bits per heavy atom. The highest BCUT2D eigenvalue weighted by atomic mass is 35.5. The molecule has 5 amide bonds. The zero-order valence-corrected chi connectivity index (χ0v) is 41.3. The fourth-order valence-electron chi connectivity index (χ4n) is 12.1. The molecular formula is C53H57ClF4N8O7. The van der Waals surface area contributed by atoms with Crippen LogP contribution in [-0.4, -0.2) is 114 Å². The summed E-state index contributed by atoms with van der Waals surface area (Å²) in [5, 5.41) is 19.4. The van der Waals surface area contributed by atoms with Gasteiger partial charge >= 0.3 is 6.03 Å². The topological polar surface area (TPSA) is 185 Å². The number of hydrogen-bond donors (Lipinski definition) is 4. The minimum Gasteiger partial charge on any atom is -0.488 e. The molecule has 4 fully saturated rings. The smallest absolute Gasteiger partial charge is 0.329 e. The standard InChI is InChI=1S/C53H57ClF4N8O7/c1-28-41-39(23-37(56)45(54)44(41)43-34(49(59)69)12-13-38(46(43)57)72-21-20-67)73-53(28,32-6-4-3-5-7-32)27-60-33-10-8-30(9-11-33)51(70)65-18-14-29(25-65)24-64-17-15-31(26-64)42-36(55)22-35-48(47(42)58)63(2)62-50(35)66-19-16-40(68)61-52(66)71/h3-7,12-13,22-23,28-31,33,60,67H,8-11,14-21,24-27H2,1-2H3,(H2,59,69)(H,61,68,71)/t28-,29+,30?,31+,33?,53-/m0/s1. The lowest BCUT2D eigenvalue weighted by Crippen LogP contribution is -2.49. The monoisotopic (exact) mass is 1030 g/mol. The number of nitrogens with zero attached hydrogens (tertiary/aromatic N) is 5. The zero-order chi connectivity index (χ0) is 51.5. The van der Waals surface area contributed by atoms with Gasteiger partial charge in [0.25, 0.3) is 0 Å². The van der Waals surface area contributed by atoms with Crippen LogP contribution in [0.25, 0.3) is 22.0 Å². The number of benzene rings is 4. The van der Waals surface area contributed by atoms with Crippen LogP contribution < -0.4 is 30.7 Å². The molecule has 1 aliphatic carbocycles. The number of nitrogens with one attached hydrogen (secondary N) is 2. The first-order valence-electron chi connectivity index (χ1n) is 24.9. The molecule has 386 valence electrons. The molecule has 73 heavy (non-hydrogen) atoms. The Morgan fingerprint density at radius 2 is 1.71 bits per heavy atom. The number of aliphatic hydroxyl groups is 1. The van der Waals surface area contributed by atoms with Crippen molar-refractivity contribution in [1.82, 2.24) is 30.2 Å². The van der Waals surface area contributed by atoms with Gasteiger partial charge in [0.2, 0.25) is 17.7 Å². The number of anilines is 1. The molecule has 5 aliphatic rings. The summed E-state index contributed by atoms with van der Waals surface area (Å²) in [6, 6.07) is 13.7. The molecule has 1 saturated carbocycles. The number of fused-ring (bicyclic) bond motifs is 2. The average Bonchev–Trinajstić information content (AvgIpc) is 4.17. The summed E-state index contributed by atoms with van der Waals surface area (Å²) in [7, 11) is 1.54. The molecule has 10 rings (SSSR count). The van der Waals surface area contributed by atoms with Crippen molar-refractivity contribution < 1.29 is 51.3 Å². The molecule has 5 heterocycles. The predicted molar refractivity (Wildman–Crippen MR) is 263 cm³/mol. The number of aryl methyl sites for hydroxylation is 1. The minimum absolute atomic E-state index is 0.00298. The van der Waals surface area contributed by atoms with Crippen molar-refractivity contribution >= 4 is 52.1 Å². The molecule has 4 aromatic carbocycles. The normalized spacial score (nSPS) is 24.3. The van der Waals surface area contributed by atoms with E-state index in [1.54, 1.807) is 7.05 Å². The largest absolute Gasteiger partial charge is 0.488 e. The number of carbonyl (C=O) groups is 4. The molecule has 5 aromatic rings. The maximum absolute atomic E-state index is 16.5. The van der Waals surface area contributed by atoms with Crippen molar-refractivity contribution in [2.75, 3.05) is 63.9 Å². The van der Waals surface area contributed by atoms with Crippen LogP contribution in [0.1, 0.15) is 90.8 Å². The fourth-order valence-corrected chi connectivity index (χ4v) is 12.3. The number of ether oxygens (including phenoxy) is 2. The first-order valence-corrected chi connectivity index (χ1v) is 25.3. The molecule has 20 heteroatoms. The van der Waals surface area contributed by atoms with Gasteiger partial charge in [0.15, 0.2) is 28.8 Å². The van der Waals surface area contributed by atoms with Crippen LogP contribution in [-0.2, 0) is 22.2 Å². The fraction of sp³-hybridized carbons (Fsp3) is 0.453. The number of likely N-dealkylation sites (tertiary alicyclic amines) is 2. The van der Waals surface area contributed by atoms with Crippen LogP contribution >= 0.6 is 11.6 Å². The Kier molecular flexibility index (Phi) is 13.9. The second kappa shape index (κ2) is 20.2. The van der Waals surface area contributed by atoms with Crippen molar-refractivity contribution in [1.29, 1.82) is 0 Å². The number of nitrogens with two attached hydrogens (primary N) is 1. The summed E-state index contributed by atoms with van der Waals surface area (Å²) in [6.45, 7) is 4.60. The molecule has 15 nitrogen and oxygen atoms in total. The number of aliphatic hydroxyl groups excluding tert-OH is 1. The molecule has 0 radical (unpaired) electrons. The van der Waals surface area contributed by atoms with Crippen molar-refractivity contribution in [3.8, 4) is 22.6 Å². The molecule has 0 unspecified atom stereocenters. The number of carbonyl (C=O) groups excluding carboxylic acids is 4. The highest BCUT2D eigenvalue weighted by Crippen LogP contribution is 2.56. The van der Waals surface area contributed by atoms with Gasteiger partial charge in [-0.1, -0.05) is 48.9 Å². The van der Waals surface area contributed by atoms with E-state index < -0.39 is 70.2 Å². The van der Waals surface area contributed by atoms with Gasteiger partial charge in [-0.05, 0) is 74.8 Å².